The van der Waals surface area contributed by atoms with E-state index in [-0.39, 0.29) is 17.1 Å². The van der Waals surface area contributed by atoms with E-state index in [0.29, 0.717) is 6.54 Å². The van der Waals surface area contributed by atoms with Crippen LogP contribution < -0.4 is 5.32 Å². The van der Waals surface area contributed by atoms with Gasteiger partial charge in [-0.15, -0.1) is 0 Å². The first-order valence-corrected chi connectivity index (χ1v) is 9.87. The van der Waals surface area contributed by atoms with Gasteiger partial charge in [0.1, 0.15) is 4.32 Å². The molecule has 1 N–H and O–H groups in total. The number of hydrogen-bond donors (Lipinski definition) is 1. The van der Waals surface area contributed by atoms with Crippen LogP contribution in [0, 0.1) is 0 Å². The summed E-state index contributed by atoms with van der Waals surface area (Å²) in [5.41, 5.74) is 1.13. The number of thioether (sulfide) groups is 1. The molecule has 0 atom stereocenters. The van der Waals surface area contributed by atoms with Crippen molar-refractivity contribution in [2.24, 2.45) is 0 Å². The molecule has 9 heteroatoms. The quantitative estimate of drug-likeness (QED) is 0.529. The van der Waals surface area contributed by atoms with Gasteiger partial charge in [-0.3, -0.25) is 4.68 Å². The van der Waals surface area contributed by atoms with Gasteiger partial charge in [-0.1, -0.05) is 47.7 Å². The number of fused-ring (bicyclic) bond motifs is 1. The number of alkyl halides is 3. The van der Waals surface area contributed by atoms with Crippen LogP contribution in [0.1, 0.15) is 16.7 Å². The van der Waals surface area contributed by atoms with Gasteiger partial charge in [0.05, 0.1) is 23.8 Å². The molecular weight excluding hydrogens is 427 g/mol. The van der Waals surface area contributed by atoms with Crippen LogP contribution in [0.15, 0.2) is 47.5 Å². The van der Waals surface area contributed by atoms with Gasteiger partial charge in [0.15, 0.2) is 0 Å². The van der Waals surface area contributed by atoms with Crippen molar-refractivity contribution in [1.82, 2.24) is 15.1 Å². The van der Waals surface area contributed by atoms with Crippen molar-refractivity contribution in [3.05, 3.63) is 69.2 Å². The molecular formula is C19H13ClF3N3S2. The summed E-state index contributed by atoms with van der Waals surface area (Å²) in [4.78, 5) is 1.12. The number of nitrogens with zero attached hydrogens (tertiary/aromatic N) is 2. The average molecular weight is 440 g/mol. The third-order valence-corrected chi connectivity index (χ3v) is 5.81. The predicted molar refractivity (Wildman–Crippen MR) is 111 cm³/mol. The maximum absolute atomic E-state index is 13.3. The van der Waals surface area contributed by atoms with Gasteiger partial charge in [-0.25, -0.2) is 0 Å². The van der Waals surface area contributed by atoms with Gasteiger partial charge < -0.3 is 5.32 Å². The predicted octanol–water partition coefficient (Wildman–Crippen LogP) is 5.72. The van der Waals surface area contributed by atoms with Gasteiger partial charge in [-0.2, -0.15) is 18.3 Å². The van der Waals surface area contributed by atoms with Crippen LogP contribution in [0.3, 0.4) is 0 Å². The molecule has 3 aromatic rings. The largest absolute Gasteiger partial charge is 0.416 e. The number of halogens is 4. The maximum Gasteiger partial charge on any atom is 0.416 e. The molecule has 0 aliphatic carbocycles. The van der Waals surface area contributed by atoms with E-state index < -0.39 is 11.7 Å². The van der Waals surface area contributed by atoms with Crippen LogP contribution >= 0.6 is 35.6 Å². The molecule has 0 spiro atoms. The number of nitrogens with one attached hydrogen (secondary N) is 1. The molecule has 0 radical (unpaired) electrons. The third kappa shape index (κ3) is 4.04. The minimum atomic E-state index is -4.48. The van der Waals surface area contributed by atoms with Crippen LogP contribution in [0.4, 0.5) is 13.2 Å². The van der Waals surface area contributed by atoms with Crippen LogP contribution in [-0.2, 0) is 12.7 Å². The van der Waals surface area contributed by atoms with E-state index in [4.69, 9.17) is 23.8 Å². The van der Waals surface area contributed by atoms with Crippen LogP contribution in [0.5, 0.6) is 0 Å². The number of thiocarbonyl (C=S) groups is 1. The van der Waals surface area contributed by atoms with E-state index in [0.717, 1.165) is 31.8 Å². The number of hydrogen-bond acceptors (Lipinski definition) is 3. The molecule has 0 unspecified atom stereocenters. The zero-order valence-corrected chi connectivity index (χ0v) is 16.6. The fourth-order valence-electron chi connectivity index (χ4n) is 3.05. The van der Waals surface area contributed by atoms with E-state index in [9.17, 15) is 13.2 Å². The smallest absolute Gasteiger partial charge is 0.366 e. The lowest BCUT2D eigenvalue weighted by Gasteiger charge is -2.14. The normalized spacial score (nSPS) is 16.1. The Morgan fingerprint density at radius 3 is 2.79 bits per heavy atom. The first kappa shape index (κ1) is 19.3. The molecule has 0 bridgehead atoms. The maximum atomic E-state index is 13.3. The molecule has 2 heterocycles. The Morgan fingerprint density at radius 2 is 2.07 bits per heavy atom. The molecule has 1 aliphatic heterocycles. The highest BCUT2D eigenvalue weighted by Crippen LogP contribution is 2.34. The topological polar surface area (TPSA) is 29.9 Å². The number of benzene rings is 2. The molecule has 1 aromatic heterocycles. The molecule has 2 aromatic carbocycles. The summed E-state index contributed by atoms with van der Waals surface area (Å²) in [5.74, 6) is 0. The van der Waals surface area contributed by atoms with E-state index in [1.54, 1.807) is 10.9 Å². The van der Waals surface area contributed by atoms with E-state index in [1.165, 1.54) is 23.9 Å². The van der Waals surface area contributed by atoms with Crippen molar-refractivity contribution < 1.29 is 13.2 Å². The molecule has 0 saturated carbocycles. The fourth-order valence-corrected chi connectivity index (χ4v) is 4.34. The van der Waals surface area contributed by atoms with Gasteiger partial charge in [0.2, 0.25) is 0 Å². The van der Waals surface area contributed by atoms with E-state index in [2.05, 4.69) is 10.4 Å². The number of rotatable bonds is 3. The van der Waals surface area contributed by atoms with Crippen molar-refractivity contribution in [3.63, 3.8) is 0 Å². The summed E-state index contributed by atoms with van der Waals surface area (Å²) in [6.45, 7) is 0.710. The lowest BCUT2D eigenvalue weighted by molar-refractivity contribution is -0.138. The van der Waals surface area contributed by atoms with Crippen molar-refractivity contribution in [1.29, 1.82) is 0 Å². The molecule has 28 heavy (non-hydrogen) atoms. The van der Waals surface area contributed by atoms with Crippen LogP contribution in [0.2, 0.25) is 5.02 Å². The van der Waals surface area contributed by atoms with E-state index in [1.807, 2.05) is 24.3 Å². The molecule has 3 nitrogen and oxygen atoms in total. The van der Waals surface area contributed by atoms with Gasteiger partial charge in [0.25, 0.3) is 0 Å². The van der Waals surface area contributed by atoms with Crippen molar-refractivity contribution in [3.8, 4) is 0 Å². The summed E-state index contributed by atoms with van der Waals surface area (Å²) in [6.07, 6.45) is -0.782. The van der Waals surface area contributed by atoms with Crippen LogP contribution in [-0.4, -0.2) is 20.6 Å². The SMILES string of the molecule is FC(F)(F)c1cc(Cl)ccc1Cn1ncc2cc(C=C3CNC(=S)S3)ccc21. The van der Waals surface area contributed by atoms with Gasteiger partial charge in [0, 0.05) is 21.9 Å². The Balaban J connectivity index is 1.65. The summed E-state index contributed by atoms with van der Waals surface area (Å²) in [5, 5.41) is 8.28. The van der Waals surface area contributed by atoms with E-state index >= 15 is 0 Å². The molecule has 0 amide bonds. The lowest BCUT2D eigenvalue weighted by atomic mass is 10.1. The Labute approximate surface area is 173 Å². The summed E-state index contributed by atoms with van der Waals surface area (Å²) in [6, 6.07) is 9.54. The molecule has 144 valence electrons. The molecule has 4 rings (SSSR count). The summed E-state index contributed by atoms with van der Waals surface area (Å²) < 4.78 is 42.3. The van der Waals surface area contributed by atoms with Crippen molar-refractivity contribution in [2.75, 3.05) is 6.54 Å². The fraction of sp³-hybridized carbons (Fsp3) is 0.158. The summed E-state index contributed by atoms with van der Waals surface area (Å²) in [7, 11) is 0. The second-order valence-electron chi connectivity index (χ2n) is 6.27. The highest BCUT2D eigenvalue weighted by Gasteiger charge is 2.33. The van der Waals surface area contributed by atoms with Crippen molar-refractivity contribution >= 4 is 56.9 Å². The zero-order valence-electron chi connectivity index (χ0n) is 14.3. The van der Waals surface area contributed by atoms with Crippen molar-refractivity contribution in [2.45, 2.75) is 12.7 Å². The highest BCUT2D eigenvalue weighted by atomic mass is 35.5. The first-order chi connectivity index (χ1) is 13.3. The Kier molecular flexibility index (Phi) is 5.11. The average Bonchev–Trinajstić information content (AvgIpc) is 3.21. The second-order valence-corrected chi connectivity index (χ2v) is 8.51. The van der Waals surface area contributed by atoms with Crippen LogP contribution in [0.25, 0.3) is 17.0 Å². The highest BCUT2D eigenvalue weighted by molar-refractivity contribution is 8.26. The Hall–Kier alpha value is -2.03. The first-order valence-electron chi connectivity index (χ1n) is 8.27. The second kappa shape index (κ2) is 7.42. The monoisotopic (exact) mass is 439 g/mol. The lowest BCUT2D eigenvalue weighted by Crippen LogP contribution is -2.12. The minimum Gasteiger partial charge on any atom is -0.366 e. The zero-order chi connectivity index (χ0) is 19.9. The molecule has 1 fully saturated rings. The third-order valence-electron chi connectivity index (χ3n) is 4.32. The summed E-state index contributed by atoms with van der Waals surface area (Å²) >= 11 is 12.4. The molecule has 1 aliphatic rings. The number of aromatic nitrogens is 2. The Bertz CT molecular complexity index is 1110. The standard InChI is InChI=1S/C19H13ClF3N3S2/c20-14-3-2-12(16(7-14)19(21,22)23)10-26-17-4-1-11(5-13(17)8-25-26)6-15-9-24-18(27)28-15/h1-8H,9-10H2,(H,24,27). The van der Waals surface area contributed by atoms with Gasteiger partial charge in [-0.05, 0) is 41.5 Å². The molecule has 1 saturated heterocycles. The Morgan fingerprint density at radius 1 is 1.25 bits per heavy atom. The van der Waals surface area contributed by atoms with Gasteiger partial charge >= 0.3 is 6.18 Å². The minimum absolute atomic E-state index is 0.00396.